The van der Waals surface area contributed by atoms with E-state index in [4.69, 9.17) is 10.5 Å². The first kappa shape index (κ1) is 17.2. The van der Waals surface area contributed by atoms with Gasteiger partial charge in [0, 0.05) is 13.1 Å². The van der Waals surface area contributed by atoms with E-state index in [1.807, 2.05) is 0 Å². The number of hydrogen-bond donors (Lipinski definition) is 1. The number of ether oxygens (including phenoxy) is 1. The van der Waals surface area contributed by atoms with Crippen LogP contribution in [0.15, 0.2) is 0 Å². The summed E-state index contributed by atoms with van der Waals surface area (Å²) >= 11 is 0. The Morgan fingerprint density at radius 1 is 1.32 bits per heavy atom. The third-order valence-electron chi connectivity index (χ3n) is 4.90. The zero-order valence-electron chi connectivity index (χ0n) is 12.6. The minimum absolute atomic E-state index is 0. The summed E-state index contributed by atoms with van der Waals surface area (Å²) in [5, 5.41) is 0. The topological polar surface area (TPSA) is 38.5 Å². The van der Waals surface area contributed by atoms with E-state index in [0.29, 0.717) is 11.5 Å². The lowest BCUT2D eigenvalue weighted by Crippen LogP contribution is -2.34. The summed E-state index contributed by atoms with van der Waals surface area (Å²) in [6.07, 6.45) is 7.11. The second-order valence-electron chi connectivity index (χ2n) is 6.71. The fraction of sp³-hybridized carbons (Fsp3) is 1.00. The average Bonchev–Trinajstić information content (AvgIpc) is 2.75. The predicted octanol–water partition coefficient (Wildman–Crippen LogP) is 2.67. The molecule has 3 nitrogen and oxygen atoms in total. The van der Waals surface area contributed by atoms with E-state index in [1.165, 1.54) is 38.6 Å². The maximum Gasteiger partial charge on any atom is 0.0601 e. The van der Waals surface area contributed by atoms with Gasteiger partial charge in [-0.2, -0.15) is 0 Å². The number of rotatable bonds is 5. The van der Waals surface area contributed by atoms with Crippen LogP contribution >= 0.6 is 12.4 Å². The van der Waals surface area contributed by atoms with Crippen LogP contribution in [0.4, 0.5) is 0 Å². The maximum atomic E-state index is 6.09. The molecule has 2 fully saturated rings. The lowest BCUT2D eigenvalue weighted by atomic mass is 9.88. The average molecular weight is 291 g/mol. The summed E-state index contributed by atoms with van der Waals surface area (Å²) in [6, 6.07) is 0. The van der Waals surface area contributed by atoms with Crippen molar-refractivity contribution in [1.29, 1.82) is 0 Å². The lowest BCUT2D eigenvalue weighted by Gasteiger charge is -2.29. The van der Waals surface area contributed by atoms with Crippen LogP contribution in [0.2, 0.25) is 0 Å². The molecule has 1 aliphatic heterocycles. The third-order valence-corrected chi connectivity index (χ3v) is 4.90. The standard InChI is InChI=1S/C15H30N2O.ClH/c1-13-5-3-4-6-14(13)18-10-9-17-8-7-15(2,11-16)12-17;/h13-14H,3-12,16H2,1-2H3;1H. The molecule has 19 heavy (non-hydrogen) atoms. The maximum absolute atomic E-state index is 6.09. The number of nitrogens with two attached hydrogens (primary N) is 1. The molecule has 114 valence electrons. The Bertz CT molecular complexity index is 265. The van der Waals surface area contributed by atoms with Gasteiger partial charge in [-0.05, 0) is 43.7 Å². The Morgan fingerprint density at radius 3 is 2.68 bits per heavy atom. The van der Waals surface area contributed by atoms with Crippen molar-refractivity contribution in [3.63, 3.8) is 0 Å². The summed E-state index contributed by atoms with van der Waals surface area (Å²) in [7, 11) is 0. The van der Waals surface area contributed by atoms with E-state index in [9.17, 15) is 0 Å². The molecule has 2 rings (SSSR count). The minimum Gasteiger partial charge on any atom is -0.377 e. The minimum atomic E-state index is 0. The fourth-order valence-corrected chi connectivity index (χ4v) is 3.35. The van der Waals surface area contributed by atoms with Crippen molar-refractivity contribution in [2.75, 3.05) is 32.8 Å². The van der Waals surface area contributed by atoms with Gasteiger partial charge >= 0.3 is 0 Å². The number of nitrogens with zero attached hydrogens (tertiary/aromatic N) is 1. The molecular weight excluding hydrogens is 260 g/mol. The van der Waals surface area contributed by atoms with Gasteiger partial charge in [0.15, 0.2) is 0 Å². The number of likely N-dealkylation sites (tertiary alicyclic amines) is 1. The van der Waals surface area contributed by atoms with Gasteiger partial charge in [-0.25, -0.2) is 0 Å². The van der Waals surface area contributed by atoms with Crippen molar-refractivity contribution in [1.82, 2.24) is 4.90 Å². The van der Waals surface area contributed by atoms with Crippen molar-refractivity contribution in [3.8, 4) is 0 Å². The first-order valence-electron chi connectivity index (χ1n) is 7.67. The quantitative estimate of drug-likeness (QED) is 0.846. The molecule has 1 heterocycles. The van der Waals surface area contributed by atoms with E-state index >= 15 is 0 Å². The highest BCUT2D eigenvalue weighted by molar-refractivity contribution is 5.85. The number of hydrogen-bond acceptors (Lipinski definition) is 3. The SMILES string of the molecule is CC1CCCCC1OCCN1CCC(C)(CN)C1.Cl. The second kappa shape index (κ2) is 7.82. The molecule has 0 bridgehead atoms. The summed E-state index contributed by atoms with van der Waals surface area (Å²) in [6.45, 7) is 9.77. The molecule has 4 heteroatoms. The van der Waals surface area contributed by atoms with Gasteiger partial charge < -0.3 is 15.4 Å². The van der Waals surface area contributed by atoms with Gasteiger partial charge in [-0.15, -0.1) is 12.4 Å². The summed E-state index contributed by atoms with van der Waals surface area (Å²) in [5.41, 5.74) is 6.18. The van der Waals surface area contributed by atoms with Crippen LogP contribution in [0, 0.1) is 11.3 Å². The molecule has 0 aromatic rings. The van der Waals surface area contributed by atoms with E-state index < -0.39 is 0 Å². The van der Waals surface area contributed by atoms with Gasteiger partial charge in [-0.1, -0.05) is 26.7 Å². The van der Waals surface area contributed by atoms with E-state index in [1.54, 1.807) is 0 Å². The molecule has 2 aliphatic rings. The van der Waals surface area contributed by atoms with Crippen LogP contribution in [0.25, 0.3) is 0 Å². The molecule has 3 unspecified atom stereocenters. The third kappa shape index (κ3) is 4.89. The second-order valence-corrected chi connectivity index (χ2v) is 6.71. The highest BCUT2D eigenvalue weighted by Gasteiger charge is 2.32. The molecular formula is C15H31ClN2O. The Kier molecular flexibility index (Phi) is 7.09. The van der Waals surface area contributed by atoms with Crippen molar-refractivity contribution >= 4 is 12.4 Å². The van der Waals surface area contributed by atoms with Crippen LogP contribution in [0.5, 0.6) is 0 Å². The predicted molar refractivity (Wildman–Crippen MR) is 82.8 cm³/mol. The van der Waals surface area contributed by atoms with Gasteiger partial charge in [0.25, 0.3) is 0 Å². The van der Waals surface area contributed by atoms with Crippen LogP contribution in [0.1, 0.15) is 46.0 Å². The highest BCUT2D eigenvalue weighted by Crippen LogP contribution is 2.29. The van der Waals surface area contributed by atoms with Gasteiger partial charge in [0.1, 0.15) is 0 Å². The first-order valence-corrected chi connectivity index (χ1v) is 7.67. The summed E-state index contributed by atoms with van der Waals surface area (Å²) in [4.78, 5) is 2.51. The molecule has 2 N–H and O–H groups in total. The summed E-state index contributed by atoms with van der Waals surface area (Å²) in [5.74, 6) is 0.756. The molecule has 0 aromatic carbocycles. The van der Waals surface area contributed by atoms with Crippen LogP contribution in [-0.2, 0) is 4.74 Å². The van der Waals surface area contributed by atoms with E-state index in [2.05, 4.69) is 18.7 Å². The smallest absolute Gasteiger partial charge is 0.0601 e. The summed E-state index contributed by atoms with van der Waals surface area (Å²) < 4.78 is 6.09. The first-order chi connectivity index (χ1) is 8.63. The largest absolute Gasteiger partial charge is 0.377 e. The zero-order chi connectivity index (χ0) is 13.0. The van der Waals surface area contributed by atoms with Crippen LogP contribution < -0.4 is 5.73 Å². The molecule has 0 radical (unpaired) electrons. The molecule has 1 aliphatic carbocycles. The fourth-order valence-electron chi connectivity index (χ4n) is 3.35. The molecule has 0 aromatic heterocycles. The molecule has 1 saturated carbocycles. The normalized spacial score (nSPS) is 36.2. The zero-order valence-corrected chi connectivity index (χ0v) is 13.4. The van der Waals surface area contributed by atoms with Crippen LogP contribution in [0.3, 0.4) is 0 Å². The molecule has 1 saturated heterocycles. The Morgan fingerprint density at radius 2 is 2.05 bits per heavy atom. The van der Waals surface area contributed by atoms with Crippen molar-refractivity contribution < 1.29 is 4.74 Å². The van der Waals surface area contributed by atoms with E-state index in [0.717, 1.165) is 32.2 Å². The van der Waals surface area contributed by atoms with Crippen molar-refractivity contribution in [2.45, 2.75) is 52.1 Å². The lowest BCUT2D eigenvalue weighted by molar-refractivity contribution is -0.0125. The molecule has 0 amide bonds. The monoisotopic (exact) mass is 290 g/mol. The number of halogens is 1. The Labute approximate surface area is 124 Å². The Balaban J connectivity index is 0.00000180. The van der Waals surface area contributed by atoms with Crippen molar-refractivity contribution in [3.05, 3.63) is 0 Å². The molecule has 3 atom stereocenters. The van der Waals surface area contributed by atoms with E-state index in [-0.39, 0.29) is 12.4 Å². The van der Waals surface area contributed by atoms with Crippen molar-refractivity contribution in [2.24, 2.45) is 17.1 Å². The van der Waals surface area contributed by atoms with Gasteiger partial charge in [0.05, 0.1) is 12.7 Å². The Hall–Kier alpha value is 0.170. The van der Waals surface area contributed by atoms with Crippen LogP contribution in [-0.4, -0.2) is 43.8 Å². The highest BCUT2D eigenvalue weighted by atomic mass is 35.5. The van der Waals surface area contributed by atoms with Gasteiger partial charge in [0.2, 0.25) is 0 Å². The molecule has 0 spiro atoms. The van der Waals surface area contributed by atoms with Gasteiger partial charge in [-0.3, -0.25) is 0 Å².